The van der Waals surface area contributed by atoms with Gasteiger partial charge in [-0.2, -0.15) is 10.5 Å². The van der Waals surface area contributed by atoms with Crippen molar-refractivity contribution in [3.63, 3.8) is 0 Å². The van der Waals surface area contributed by atoms with E-state index >= 15 is 0 Å². The van der Waals surface area contributed by atoms with Crippen molar-refractivity contribution in [2.75, 3.05) is 18.8 Å². The Morgan fingerprint density at radius 2 is 1.75 bits per heavy atom. The fourth-order valence-electron chi connectivity index (χ4n) is 1.62. The lowest BCUT2D eigenvalue weighted by Crippen LogP contribution is -2.33. The third kappa shape index (κ3) is 4.03. The Bertz CT molecular complexity index is 571. The molecule has 0 heterocycles. The van der Waals surface area contributed by atoms with E-state index < -0.39 is 5.91 Å². The second-order valence-electron chi connectivity index (χ2n) is 3.97. The molecule has 5 nitrogen and oxygen atoms in total. The second-order valence-corrected chi connectivity index (χ2v) is 4.76. The summed E-state index contributed by atoms with van der Waals surface area (Å²) >= 11 is 11.9. The zero-order valence-corrected chi connectivity index (χ0v) is 12.1. The van der Waals surface area contributed by atoms with Gasteiger partial charge in [0.1, 0.15) is 0 Å². The summed E-state index contributed by atoms with van der Waals surface area (Å²) < 4.78 is 0. The molecule has 2 N–H and O–H groups in total. The molecule has 1 amide bonds. The number of hydrogen-bond donors (Lipinski definition) is 1. The number of nitrogens with zero attached hydrogens (tertiary/aromatic N) is 3. The van der Waals surface area contributed by atoms with Crippen molar-refractivity contribution in [3.05, 3.63) is 27.7 Å². The summed E-state index contributed by atoms with van der Waals surface area (Å²) in [6.07, 6.45) is 0.343. The third-order valence-electron chi connectivity index (χ3n) is 2.56. The average molecular weight is 311 g/mol. The Morgan fingerprint density at radius 1 is 1.20 bits per heavy atom. The highest BCUT2D eigenvalue weighted by atomic mass is 35.5. The molecule has 0 aliphatic rings. The maximum Gasteiger partial charge on any atom is 0.255 e. The number of benzene rings is 1. The van der Waals surface area contributed by atoms with Crippen molar-refractivity contribution in [2.24, 2.45) is 0 Å². The molecule has 20 heavy (non-hydrogen) atoms. The minimum absolute atomic E-state index is 0.116. The van der Waals surface area contributed by atoms with Gasteiger partial charge in [0.25, 0.3) is 5.91 Å². The summed E-state index contributed by atoms with van der Waals surface area (Å²) in [5.74, 6) is -0.394. The van der Waals surface area contributed by atoms with Gasteiger partial charge in [-0.25, -0.2) is 0 Å². The van der Waals surface area contributed by atoms with E-state index in [0.717, 1.165) is 0 Å². The average Bonchev–Trinajstić information content (AvgIpc) is 2.42. The molecule has 0 atom stereocenters. The van der Waals surface area contributed by atoms with Crippen molar-refractivity contribution in [1.29, 1.82) is 10.5 Å². The SMILES string of the molecule is N#CCCN(CCC#N)C(=O)c1cc(N)cc(Cl)c1Cl. The molecular formula is C13H12Cl2N4O. The van der Waals surface area contributed by atoms with Gasteiger partial charge in [0, 0.05) is 18.8 Å². The van der Waals surface area contributed by atoms with Crippen LogP contribution in [0.5, 0.6) is 0 Å². The normalized spacial score (nSPS) is 9.60. The fourth-order valence-corrected chi connectivity index (χ4v) is 2.04. The van der Waals surface area contributed by atoms with E-state index in [9.17, 15) is 4.79 Å². The van der Waals surface area contributed by atoms with Crippen LogP contribution in [0.25, 0.3) is 0 Å². The number of anilines is 1. The molecule has 1 aromatic rings. The molecule has 1 rings (SSSR count). The number of carbonyl (C=O) groups excluding carboxylic acids is 1. The van der Waals surface area contributed by atoms with E-state index in [4.69, 9.17) is 39.5 Å². The van der Waals surface area contributed by atoms with Gasteiger partial charge >= 0.3 is 0 Å². The number of carbonyl (C=O) groups is 1. The Kier molecular flexibility index (Phi) is 6.11. The first-order valence-electron chi connectivity index (χ1n) is 5.79. The number of nitriles is 2. The van der Waals surface area contributed by atoms with Crippen LogP contribution in [0.2, 0.25) is 10.0 Å². The molecule has 0 radical (unpaired) electrons. The predicted octanol–water partition coefficient (Wildman–Crippen LogP) is 2.85. The van der Waals surface area contributed by atoms with Gasteiger partial charge < -0.3 is 10.6 Å². The van der Waals surface area contributed by atoms with E-state index in [1.165, 1.54) is 17.0 Å². The minimum Gasteiger partial charge on any atom is -0.399 e. The molecule has 0 aromatic heterocycles. The molecule has 0 saturated carbocycles. The summed E-state index contributed by atoms with van der Waals surface area (Å²) in [5.41, 5.74) is 6.14. The molecule has 0 aliphatic heterocycles. The van der Waals surface area contributed by atoms with E-state index in [0.29, 0.717) is 5.69 Å². The topological polar surface area (TPSA) is 93.9 Å². The number of hydrogen-bond acceptors (Lipinski definition) is 4. The van der Waals surface area contributed by atoms with Crippen LogP contribution in [0.1, 0.15) is 23.2 Å². The summed E-state index contributed by atoms with van der Waals surface area (Å²) in [7, 11) is 0. The molecule has 1 aromatic carbocycles. The zero-order valence-electron chi connectivity index (χ0n) is 10.6. The number of rotatable bonds is 5. The fraction of sp³-hybridized carbons (Fsp3) is 0.308. The van der Waals surface area contributed by atoms with Crippen molar-refractivity contribution in [3.8, 4) is 12.1 Å². The standard InChI is InChI=1S/C13H12Cl2N4O/c14-11-8-9(18)7-10(12(11)15)13(20)19(5-1-3-16)6-2-4-17/h7-8H,1-2,5-6,18H2. The van der Waals surface area contributed by atoms with Gasteiger partial charge in [0.15, 0.2) is 0 Å². The van der Waals surface area contributed by atoms with E-state index in [2.05, 4.69) is 0 Å². The predicted molar refractivity (Wildman–Crippen MR) is 77.2 cm³/mol. The number of nitrogens with two attached hydrogens (primary N) is 1. The van der Waals surface area contributed by atoms with Crippen LogP contribution in [0.3, 0.4) is 0 Å². The lowest BCUT2D eigenvalue weighted by atomic mass is 10.1. The van der Waals surface area contributed by atoms with Crippen LogP contribution in [0.4, 0.5) is 5.69 Å². The molecule has 0 fully saturated rings. The highest BCUT2D eigenvalue weighted by molar-refractivity contribution is 6.44. The van der Waals surface area contributed by atoms with Gasteiger partial charge in [0.2, 0.25) is 0 Å². The lowest BCUT2D eigenvalue weighted by molar-refractivity contribution is 0.0762. The monoisotopic (exact) mass is 310 g/mol. The van der Waals surface area contributed by atoms with Crippen LogP contribution in [-0.2, 0) is 0 Å². The van der Waals surface area contributed by atoms with Crippen LogP contribution in [-0.4, -0.2) is 23.9 Å². The Balaban J connectivity index is 3.05. The molecule has 0 spiro atoms. The first-order chi connectivity index (χ1) is 9.51. The summed E-state index contributed by atoms with van der Waals surface area (Å²) in [4.78, 5) is 13.8. The van der Waals surface area contributed by atoms with Gasteiger partial charge in [-0.05, 0) is 12.1 Å². The van der Waals surface area contributed by atoms with E-state index in [1.807, 2.05) is 12.1 Å². The van der Waals surface area contributed by atoms with Crippen LogP contribution in [0.15, 0.2) is 12.1 Å². The summed E-state index contributed by atoms with van der Waals surface area (Å²) in [6, 6.07) is 6.80. The largest absolute Gasteiger partial charge is 0.399 e. The Hall–Kier alpha value is -1.95. The van der Waals surface area contributed by atoms with Gasteiger partial charge in [-0.15, -0.1) is 0 Å². The maximum atomic E-state index is 12.4. The van der Waals surface area contributed by atoms with Crippen molar-refractivity contribution in [2.45, 2.75) is 12.8 Å². The highest BCUT2D eigenvalue weighted by Crippen LogP contribution is 2.29. The molecule has 0 bridgehead atoms. The number of amides is 1. The smallest absolute Gasteiger partial charge is 0.255 e. The molecule has 104 valence electrons. The Morgan fingerprint density at radius 3 is 2.25 bits per heavy atom. The first-order valence-corrected chi connectivity index (χ1v) is 6.54. The second kappa shape index (κ2) is 7.59. The zero-order chi connectivity index (χ0) is 15.1. The molecular weight excluding hydrogens is 299 g/mol. The molecule has 0 unspecified atom stereocenters. The molecule has 0 aliphatic carbocycles. The first kappa shape index (κ1) is 16.1. The summed E-state index contributed by atoms with van der Waals surface area (Å²) in [6.45, 7) is 0.444. The van der Waals surface area contributed by atoms with Crippen molar-refractivity contribution >= 4 is 34.8 Å². The van der Waals surface area contributed by atoms with Crippen molar-refractivity contribution < 1.29 is 4.79 Å². The van der Waals surface area contributed by atoms with Gasteiger partial charge in [0.05, 0.1) is 40.6 Å². The minimum atomic E-state index is -0.394. The Labute approximate surface area is 127 Å². The molecule has 0 saturated heterocycles. The molecule has 7 heteroatoms. The maximum absolute atomic E-state index is 12.4. The quantitative estimate of drug-likeness (QED) is 0.846. The van der Waals surface area contributed by atoms with Gasteiger partial charge in [-0.3, -0.25) is 4.79 Å². The van der Waals surface area contributed by atoms with E-state index in [1.54, 1.807) is 0 Å². The summed E-state index contributed by atoms with van der Waals surface area (Å²) in [5, 5.41) is 17.5. The van der Waals surface area contributed by atoms with Crippen LogP contribution >= 0.6 is 23.2 Å². The third-order valence-corrected chi connectivity index (χ3v) is 3.36. The highest BCUT2D eigenvalue weighted by Gasteiger charge is 2.20. The van der Waals surface area contributed by atoms with E-state index in [-0.39, 0.29) is 41.5 Å². The van der Waals surface area contributed by atoms with Crippen LogP contribution < -0.4 is 5.73 Å². The number of nitrogen functional groups attached to an aromatic ring is 1. The number of halogens is 2. The lowest BCUT2D eigenvalue weighted by Gasteiger charge is -2.21. The van der Waals surface area contributed by atoms with Crippen molar-refractivity contribution in [1.82, 2.24) is 4.90 Å². The van der Waals surface area contributed by atoms with Crippen LogP contribution in [0, 0.1) is 22.7 Å². The van der Waals surface area contributed by atoms with Gasteiger partial charge in [-0.1, -0.05) is 23.2 Å².